The van der Waals surface area contributed by atoms with Gasteiger partial charge in [-0.05, 0) is 11.1 Å². The molecule has 0 unspecified atom stereocenters. The van der Waals surface area contributed by atoms with E-state index in [1.54, 1.807) is 0 Å². The molecule has 1 aliphatic rings. The van der Waals surface area contributed by atoms with Crippen LogP contribution in [0, 0.1) is 0 Å². The lowest BCUT2D eigenvalue weighted by Crippen LogP contribution is -2.75. The molecular weight excluding hydrogens is 737 g/mol. The Kier molecular flexibility index (Phi) is 9.06. The number of imide groups is 1. The summed E-state index contributed by atoms with van der Waals surface area (Å²) >= 11 is 0. The van der Waals surface area contributed by atoms with Gasteiger partial charge in [0.05, 0.1) is 11.1 Å². The normalized spacial score (nSPS) is 16.6. The van der Waals surface area contributed by atoms with Gasteiger partial charge in [-0.1, -0.05) is 60.7 Å². The lowest BCUT2D eigenvalue weighted by molar-refractivity contribution is -0.458. The molecule has 48 heavy (non-hydrogen) atoms. The fraction of sp³-hybridized carbons (Fsp3) is 0.333. The molecule has 0 spiro atoms. The van der Waals surface area contributed by atoms with Crippen LogP contribution in [-0.2, 0) is 24.0 Å². The Morgan fingerprint density at radius 3 is 1.06 bits per heavy atom. The molecule has 0 aliphatic carbocycles. The second-order valence-electron chi connectivity index (χ2n) is 9.38. The maximum absolute atomic E-state index is 14.6. The lowest BCUT2D eigenvalue weighted by Gasteiger charge is -2.42. The van der Waals surface area contributed by atoms with Crippen LogP contribution in [0.3, 0.4) is 0 Å². The fourth-order valence-corrected chi connectivity index (χ4v) is 4.64. The Labute approximate surface area is 254 Å². The third-order valence-electron chi connectivity index (χ3n) is 6.35. The summed E-state index contributed by atoms with van der Waals surface area (Å²) < 4.78 is 259. The molecule has 6 nitrogen and oxygen atoms in total. The first kappa shape index (κ1) is 38.5. The number of hydroxylamine groups is 2. The molecule has 2 aromatic rings. The van der Waals surface area contributed by atoms with Crippen LogP contribution in [0.4, 0.5) is 74.6 Å². The van der Waals surface area contributed by atoms with Gasteiger partial charge < -0.3 is 0 Å². The van der Waals surface area contributed by atoms with E-state index < -0.39 is 85.1 Å². The molecule has 2 aromatic carbocycles. The quantitative estimate of drug-likeness (QED) is 0.180. The van der Waals surface area contributed by atoms with E-state index in [0.717, 1.165) is 24.3 Å². The van der Waals surface area contributed by atoms with E-state index in [4.69, 9.17) is 0 Å². The van der Waals surface area contributed by atoms with Crippen molar-refractivity contribution < 1.29 is 96.9 Å². The molecule has 1 aliphatic heterocycles. The first-order chi connectivity index (χ1) is 21.4. The number of rotatable bonds is 11. The summed E-state index contributed by atoms with van der Waals surface area (Å²) in [7, 11) is -8.25. The molecule has 0 radical (unpaired) electrons. The van der Waals surface area contributed by atoms with E-state index in [-0.39, 0.29) is 11.1 Å². The summed E-state index contributed by atoms with van der Waals surface area (Å²) in [6.45, 7) is 0. The maximum atomic E-state index is 14.6. The summed E-state index contributed by atoms with van der Waals surface area (Å²) in [5.74, 6) is -57.2. The van der Waals surface area contributed by atoms with Gasteiger partial charge in [0, 0.05) is 0 Å². The van der Waals surface area contributed by atoms with Crippen LogP contribution in [0.1, 0.15) is 11.1 Å². The average molecular weight is 747 g/mol. The molecule has 0 saturated heterocycles. The van der Waals surface area contributed by atoms with Crippen LogP contribution in [0.5, 0.6) is 0 Å². The average Bonchev–Trinajstić information content (AvgIpc) is 3.21. The van der Waals surface area contributed by atoms with Crippen molar-refractivity contribution in [1.82, 2.24) is 5.06 Å². The second-order valence-corrected chi connectivity index (χ2v) is 10.9. The zero-order valence-electron chi connectivity index (χ0n) is 22.1. The molecule has 0 atom stereocenters. The molecule has 24 heteroatoms. The van der Waals surface area contributed by atoms with Crippen LogP contribution >= 0.6 is 0 Å². The standard InChI is InChI=1S/C24H10F17NO5S/c25-17(26,19(29,30)21(33,34)23(37,38)39)18(27,28)20(31,32)22(35,36)24(40,41)48(45,46)47-42-15(43)13(11-7-3-1-4-8-11)14(16(42)44)12-9-5-2-6-10-12/h1-10H. The topological polar surface area (TPSA) is 80.8 Å². The Morgan fingerprint density at radius 2 is 0.750 bits per heavy atom. The molecule has 0 bridgehead atoms. The highest BCUT2D eigenvalue weighted by atomic mass is 32.2. The van der Waals surface area contributed by atoms with Crippen LogP contribution in [0.15, 0.2) is 60.7 Å². The minimum Gasteiger partial charge on any atom is -0.266 e. The molecule has 1 heterocycles. The Balaban J connectivity index is 2.10. The van der Waals surface area contributed by atoms with Gasteiger partial charge in [-0.2, -0.15) is 83.1 Å². The number of halogens is 17. The van der Waals surface area contributed by atoms with Gasteiger partial charge in [-0.15, -0.1) is 9.35 Å². The molecule has 0 fully saturated rings. The van der Waals surface area contributed by atoms with Crippen molar-refractivity contribution >= 4 is 33.1 Å². The number of carbonyl (C=O) groups excluding carboxylic acids is 2. The summed E-state index contributed by atoms with van der Waals surface area (Å²) in [4.78, 5) is 25.9. The van der Waals surface area contributed by atoms with Crippen LogP contribution in [-0.4, -0.2) is 72.3 Å². The SMILES string of the molecule is O=C1C(c2ccccc2)=C(c2ccccc2)C(=O)N1OS(=O)(=O)C(F)(F)C(F)(F)C(F)(F)C(F)(F)C(F)(F)C(F)(F)C(F)(F)C(F)(F)F. The van der Waals surface area contributed by atoms with Crippen LogP contribution in [0.25, 0.3) is 11.1 Å². The predicted octanol–water partition coefficient (Wildman–Crippen LogP) is 7.19. The van der Waals surface area contributed by atoms with E-state index in [1.165, 1.54) is 36.4 Å². The lowest BCUT2D eigenvalue weighted by atomic mass is 9.91. The Bertz CT molecular complexity index is 1660. The largest absolute Gasteiger partial charge is 0.460 e. The van der Waals surface area contributed by atoms with Gasteiger partial charge in [0.2, 0.25) is 0 Å². The van der Waals surface area contributed by atoms with E-state index in [9.17, 15) is 92.6 Å². The number of benzene rings is 2. The van der Waals surface area contributed by atoms with E-state index in [2.05, 4.69) is 4.28 Å². The van der Waals surface area contributed by atoms with Gasteiger partial charge in [-0.3, -0.25) is 9.59 Å². The van der Waals surface area contributed by atoms with Gasteiger partial charge in [-0.25, -0.2) is 0 Å². The first-order valence-corrected chi connectivity index (χ1v) is 13.2. The highest BCUT2D eigenvalue weighted by molar-refractivity contribution is 7.87. The second kappa shape index (κ2) is 11.3. The number of carbonyl (C=O) groups is 2. The first-order valence-electron chi connectivity index (χ1n) is 11.8. The zero-order chi connectivity index (χ0) is 37.3. The van der Waals surface area contributed by atoms with Crippen LogP contribution < -0.4 is 0 Å². The number of hydrogen-bond acceptors (Lipinski definition) is 5. The molecular formula is C24H10F17NO5S. The van der Waals surface area contributed by atoms with Crippen molar-refractivity contribution in [2.75, 3.05) is 0 Å². The minimum absolute atomic E-state index is 0.347. The summed E-state index contributed by atoms with van der Waals surface area (Å²) in [5.41, 5.74) is -2.58. The van der Waals surface area contributed by atoms with Crippen LogP contribution in [0.2, 0.25) is 0 Å². The number of alkyl halides is 17. The van der Waals surface area contributed by atoms with E-state index in [0.29, 0.717) is 0 Å². The molecule has 2 amide bonds. The maximum Gasteiger partial charge on any atom is 0.460 e. The predicted molar refractivity (Wildman–Crippen MR) is 122 cm³/mol. The monoisotopic (exact) mass is 747 g/mol. The third kappa shape index (κ3) is 5.17. The van der Waals surface area contributed by atoms with Crippen molar-refractivity contribution in [2.45, 2.75) is 47.0 Å². The van der Waals surface area contributed by atoms with Crippen molar-refractivity contribution in [3.05, 3.63) is 71.8 Å². The number of amides is 2. The summed E-state index contributed by atoms with van der Waals surface area (Å²) in [6.07, 6.45) is -7.98. The zero-order valence-corrected chi connectivity index (χ0v) is 22.9. The van der Waals surface area contributed by atoms with E-state index >= 15 is 0 Å². The summed E-state index contributed by atoms with van der Waals surface area (Å²) in [6, 6.07) is 11.4. The van der Waals surface area contributed by atoms with E-state index in [1.807, 2.05) is 0 Å². The summed E-state index contributed by atoms with van der Waals surface area (Å²) in [5, 5.41) is -9.40. The minimum atomic E-state index is -9.07. The Hall–Kier alpha value is -3.96. The van der Waals surface area contributed by atoms with Crippen molar-refractivity contribution in [3.63, 3.8) is 0 Å². The molecule has 0 saturated carbocycles. The van der Waals surface area contributed by atoms with Gasteiger partial charge in [0.25, 0.3) is 11.8 Å². The van der Waals surface area contributed by atoms with Crippen molar-refractivity contribution in [1.29, 1.82) is 0 Å². The fourth-order valence-electron chi connectivity index (χ4n) is 3.77. The molecule has 3 rings (SSSR count). The highest BCUT2D eigenvalue weighted by Gasteiger charge is 2.96. The van der Waals surface area contributed by atoms with Gasteiger partial charge in [0.15, 0.2) is 0 Å². The number of hydrogen-bond donors (Lipinski definition) is 0. The smallest absolute Gasteiger partial charge is 0.266 e. The molecule has 266 valence electrons. The van der Waals surface area contributed by atoms with Gasteiger partial charge >= 0.3 is 57.1 Å². The molecule has 0 N–H and O–H groups in total. The highest BCUT2D eigenvalue weighted by Crippen LogP contribution is 2.64. The number of nitrogens with zero attached hydrogens (tertiary/aromatic N) is 1. The van der Waals surface area contributed by atoms with Crippen molar-refractivity contribution in [2.24, 2.45) is 0 Å². The van der Waals surface area contributed by atoms with Gasteiger partial charge in [0.1, 0.15) is 0 Å². The Morgan fingerprint density at radius 1 is 0.458 bits per heavy atom. The van der Waals surface area contributed by atoms with Crippen molar-refractivity contribution in [3.8, 4) is 0 Å². The third-order valence-corrected chi connectivity index (χ3v) is 7.58. The molecule has 0 aromatic heterocycles.